The van der Waals surface area contributed by atoms with E-state index in [0.29, 0.717) is 22.3 Å². The number of benzene rings is 2. The fourth-order valence-electron chi connectivity index (χ4n) is 2.99. The fraction of sp³-hybridized carbons (Fsp3) is 0.0952. The number of hydrogen-bond acceptors (Lipinski definition) is 4. The van der Waals surface area contributed by atoms with Crippen LogP contribution in [0.4, 0.5) is 5.69 Å². The SMILES string of the molecule is CC(NC(=O)c1ccc(NC(=O)c2ccco2)cc1)c1ccc2[nH]c(=O)[nH]c2c1. The molecule has 1 atom stereocenters. The maximum absolute atomic E-state index is 12.5. The van der Waals surface area contributed by atoms with Crippen LogP contribution < -0.4 is 16.3 Å². The van der Waals surface area contributed by atoms with Gasteiger partial charge in [0.25, 0.3) is 11.8 Å². The van der Waals surface area contributed by atoms with Crippen LogP contribution in [0.25, 0.3) is 11.0 Å². The van der Waals surface area contributed by atoms with Gasteiger partial charge in [-0.2, -0.15) is 0 Å². The van der Waals surface area contributed by atoms with E-state index in [4.69, 9.17) is 4.42 Å². The Bertz CT molecular complexity index is 1220. The molecule has 4 N–H and O–H groups in total. The summed E-state index contributed by atoms with van der Waals surface area (Å²) in [6, 6.07) is 15.0. The zero-order chi connectivity index (χ0) is 20.4. The van der Waals surface area contributed by atoms with Crippen LogP contribution in [0.2, 0.25) is 0 Å². The first-order valence-corrected chi connectivity index (χ1v) is 8.97. The van der Waals surface area contributed by atoms with Crippen LogP contribution in [0, 0.1) is 0 Å². The summed E-state index contributed by atoms with van der Waals surface area (Å²) >= 11 is 0. The minimum Gasteiger partial charge on any atom is -0.459 e. The molecule has 2 aromatic carbocycles. The highest BCUT2D eigenvalue weighted by molar-refractivity contribution is 6.02. The van der Waals surface area contributed by atoms with Crippen molar-refractivity contribution < 1.29 is 14.0 Å². The van der Waals surface area contributed by atoms with E-state index >= 15 is 0 Å². The van der Waals surface area contributed by atoms with Crippen molar-refractivity contribution in [1.82, 2.24) is 15.3 Å². The second-order valence-electron chi connectivity index (χ2n) is 6.59. The molecule has 4 rings (SSSR count). The van der Waals surface area contributed by atoms with Gasteiger partial charge in [0.2, 0.25) is 0 Å². The molecule has 0 aliphatic carbocycles. The minimum absolute atomic E-state index is 0.210. The Kier molecular flexibility index (Phi) is 4.74. The predicted molar refractivity (Wildman–Crippen MR) is 108 cm³/mol. The molecule has 8 nitrogen and oxygen atoms in total. The lowest BCUT2D eigenvalue weighted by Crippen LogP contribution is -2.26. The molecule has 0 fully saturated rings. The van der Waals surface area contributed by atoms with Gasteiger partial charge in [-0.25, -0.2) is 4.79 Å². The first-order chi connectivity index (χ1) is 14.0. The number of aromatic amines is 2. The van der Waals surface area contributed by atoms with Crippen molar-refractivity contribution in [2.75, 3.05) is 5.32 Å². The lowest BCUT2D eigenvalue weighted by Gasteiger charge is -2.15. The number of H-pyrrole nitrogens is 2. The van der Waals surface area contributed by atoms with Crippen molar-refractivity contribution in [3.8, 4) is 0 Å². The van der Waals surface area contributed by atoms with Gasteiger partial charge in [0.05, 0.1) is 23.3 Å². The number of amides is 2. The third kappa shape index (κ3) is 3.96. The van der Waals surface area contributed by atoms with E-state index in [1.54, 1.807) is 42.5 Å². The van der Waals surface area contributed by atoms with Gasteiger partial charge in [0.15, 0.2) is 5.76 Å². The molecule has 0 bridgehead atoms. The highest BCUT2D eigenvalue weighted by atomic mass is 16.3. The van der Waals surface area contributed by atoms with Crippen molar-refractivity contribution in [3.05, 3.63) is 88.2 Å². The fourth-order valence-corrected chi connectivity index (χ4v) is 2.99. The highest BCUT2D eigenvalue weighted by Crippen LogP contribution is 2.18. The topological polar surface area (TPSA) is 120 Å². The molecular formula is C21H18N4O4. The van der Waals surface area contributed by atoms with Crippen LogP contribution in [0.1, 0.15) is 39.4 Å². The molecular weight excluding hydrogens is 372 g/mol. The van der Waals surface area contributed by atoms with E-state index < -0.39 is 0 Å². The average Bonchev–Trinajstić information content (AvgIpc) is 3.36. The summed E-state index contributed by atoms with van der Waals surface area (Å²) in [7, 11) is 0. The summed E-state index contributed by atoms with van der Waals surface area (Å²) in [6.45, 7) is 1.86. The highest BCUT2D eigenvalue weighted by Gasteiger charge is 2.13. The molecule has 2 aromatic heterocycles. The number of imidazole rings is 1. The summed E-state index contributed by atoms with van der Waals surface area (Å²) in [5, 5.41) is 5.62. The van der Waals surface area contributed by atoms with Gasteiger partial charge in [-0.15, -0.1) is 0 Å². The number of rotatable bonds is 5. The molecule has 0 spiro atoms. The standard InChI is InChI=1S/C21H18N4O4/c1-12(14-6-9-16-17(11-14)25-21(28)24-16)22-19(26)13-4-7-15(8-5-13)23-20(27)18-3-2-10-29-18/h2-12H,1H3,(H,22,26)(H,23,27)(H2,24,25,28). The van der Waals surface area contributed by atoms with Crippen LogP contribution in [-0.4, -0.2) is 21.8 Å². The van der Waals surface area contributed by atoms with Crippen molar-refractivity contribution >= 4 is 28.5 Å². The molecule has 146 valence electrons. The summed E-state index contributed by atoms with van der Waals surface area (Å²) in [5.41, 5.74) is 3.01. The Morgan fingerprint density at radius 2 is 1.72 bits per heavy atom. The smallest absolute Gasteiger partial charge is 0.323 e. The number of aromatic nitrogens is 2. The molecule has 0 aliphatic rings. The number of anilines is 1. The zero-order valence-electron chi connectivity index (χ0n) is 15.5. The third-order valence-electron chi connectivity index (χ3n) is 4.54. The van der Waals surface area contributed by atoms with Gasteiger partial charge in [0, 0.05) is 11.3 Å². The average molecular weight is 390 g/mol. The van der Waals surface area contributed by atoms with Crippen LogP contribution >= 0.6 is 0 Å². The number of furan rings is 1. The van der Waals surface area contributed by atoms with Gasteiger partial charge >= 0.3 is 5.69 Å². The van der Waals surface area contributed by atoms with Gasteiger partial charge in [-0.3, -0.25) is 9.59 Å². The first-order valence-electron chi connectivity index (χ1n) is 8.97. The Labute approximate surface area is 164 Å². The molecule has 2 heterocycles. The molecule has 8 heteroatoms. The molecule has 1 unspecified atom stereocenters. The van der Waals surface area contributed by atoms with E-state index in [-0.39, 0.29) is 29.3 Å². The largest absolute Gasteiger partial charge is 0.459 e. The van der Waals surface area contributed by atoms with Crippen LogP contribution in [0.5, 0.6) is 0 Å². The van der Waals surface area contributed by atoms with Gasteiger partial charge in [-0.05, 0) is 61.0 Å². The Hall–Kier alpha value is -4.07. The van der Waals surface area contributed by atoms with Crippen LogP contribution in [0.3, 0.4) is 0 Å². The predicted octanol–water partition coefficient (Wildman–Crippen LogP) is 3.19. The quantitative estimate of drug-likeness (QED) is 0.418. The maximum atomic E-state index is 12.5. The Morgan fingerprint density at radius 1 is 0.966 bits per heavy atom. The summed E-state index contributed by atoms with van der Waals surface area (Å²) < 4.78 is 5.05. The van der Waals surface area contributed by atoms with Crippen molar-refractivity contribution in [2.24, 2.45) is 0 Å². The lowest BCUT2D eigenvalue weighted by atomic mass is 10.1. The number of carbonyl (C=O) groups excluding carboxylic acids is 2. The van der Waals surface area contributed by atoms with E-state index in [1.165, 1.54) is 6.26 Å². The molecule has 29 heavy (non-hydrogen) atoms. The third-order valence-corrected chi connectivity index (χ3v) is 4.54. The van der Waals surface area contributed by atoms with Gasteiger partial charge < -0.3 is 25.0 Å². The molecule has 0 aliphatic heterocycles. The Balaban J connectivity index is 1.42. The molecule has 0 saturated carbocycles. The zero-order valence-corrected chi connectivity index (χ0v) is 15.5. The minimum atomic E-state index is -0.362. The van der Waals surface area contributed by atoms with E-state index in [9.17, 15) is 14.4 Å². The van der Waals surface area contributed by atoms with Gasteiger partial charge in [0.1, 0.15) is 0 Å². The molecule has 4 aromatic rings. The number of hydrogen-bond donors (Lipinski definition) is 4. The Morgan fingerprint density at radius 3 is 2.45 bits per heavy atom. The summed E-state index contributed by atoms with van der Waals surface area (Å²) in [4.78, 5) is 41.3. The summed E-state index contributed by atoms with van der Waals surface area (Å²) in [5.74, 6) is -0.399. The van der Waals surface area contributed by atoms with E-state index in [2.05, 4.69) is 20.6 Å². The first kappa shape index (κ1) is 18.3. The second kappa shape index (κ2) is 7.51. The molecule has 2 amide bonds. The van der Waals surface area contributed by atoms with Crippen molar-refractivity contribution in [3.63, 3.8) is 0 Å². The van der Waals surface area contributed by atoms with E-state index in [1.807, 2.05) is 19.1 Å². The normalized spacial score (nSPS) is 11.9. The number of carbonyl (C=O) groups is 2. The molecule has 0 radical (unpaired) electrons. The van der Waals surface area contributed by atoms with Crippen LogP contribution in [0.15, 0.2) is 70.1 Å². The van der Waals surface area contributed by atoms with E-state index in [0.717, 1.165) is 5.56 Å². The van der Waals surface area contributed by atoms with Crippen molar-refractivity contribution in [2.45, 2.75) is 13.0 Å². The maximum Gasteiger partial charge on any atom is 0.323 e. The van der Waals surface area contributed by atoms with Crippen molar-refractivity contribution in [1.29, 1.82) is 0 Å². The number of nitrogens with one attached hydrogen (secondary N) is 4. The number of fused-ring (bicyclic) bond motifs is 1. The van der Waals surface area contributed by atoms with Crippen LogP contribution in [-0.2, 0) is 0 Å². The monoisotopic (exact) mass is 390 g/mol. The lowest BCUT2D eigenvalue weighted by molar-refractivity contribution is 0.0939. The molecule has 0 saturated heterocycles. The second-order valence-corrected chi connectivity index (χ2v) is 6.59. The summed E-state index contributed by atoms with van der Waals surface area (Å²) in [6.07, 6.45) is 1.43. The van der Waals surface area contributed by atoms with Gasteiger partial charge in [-0.1, -0.05) is 6.07 Å².